The van der Waals surface area contributed by atoms with Crippen LogP contribution in [0.2, 0.25) is 0 Å². The molecule has 1 aliphatic rings. The van der Waals surface area contributed by atoms with Crippen LogP contribution in [0.25, 0.3) is 0 Å². The lowest BCUT2D eigenvalue weighted by molar-refractivity contribution is 0.0689. The molecule has 0 aliphatic carbocycles. The summed E-state index contributed by atoms with van der Waals surface area (Å²) in [4.78, 5) is 18.0. The molecule has 1 aliphatic heterocycles. The van der Waals surface area contributed by atoms with Gasteiger partial charge in [-0.1, -0.05) is 18.2 Å². The first-order valence-electron chi connectivity index (χ1n) is 8.19. The Labute approximate surface area is 141 Å². The zero-order valence-corrected chi connectivity index (χ0v) is 13.7. The zero-order chi connectivity index (χ0) is 16.9. The van der Waals surface area contributed by atoms with Gasteiger partial charge in [-0.15, -0.1) is 0 Å². The fourth-order valence-corrected chi connectivity index (χ4v) is 3.23. The quantitative estimate of drug-likeness (QED) is 0.864. The number of hydrogen-bond donors (Lipinski definition) is 0. The average molecular weight is 328 g/mol. The van der Waals surface area contributed by atoms with Gasteiger partial charge in [-0.3, -0.25) is 9.78 Å². The average Bonchev–Trinajstić information content (AvgIpc) is 2.62. The Morgan fingerprint density at radius 3 is 2.75 bits per heavy atom. The van der Waals surface area contributed by atoms with Gasteiger partial charge in [0.05, 0.1) is 18.9 Å². The molecule has 2 aromatic rings. The first-order valence-corrected chi connectivity index (χ1v) is 8.19. The number of carbonyl (C=O) groups excluding carboxylic acids is 1. The lowest BCUT2D eigenvalue weighted by Crippen LogP contribution is -2.39. The van der Waals surface area contributed by atoms with Crippen molar-refractivity contribution >= 4 is 5.91 Å². The molecule has 2 heterocycles. The Morgan fingerprint density at radius 1 is 1.29 bits per heavy atom. The fourth-order valence-electron chi connectivity index (χ4n) is 3.23. The SMILES string of the molecule is COc1ccccc1CC1CCN(C(=O)c2cncc(F)c2)CC1. The summed E-state index contributed by atoms with van der Waals surface area (Å²) in [5.41, 5.74) is 1.53. The lowest BCUT2D eigenvalue weighted by Gasteiger charge is -2.32. The second kappa shape index (κ2) is 7.43. The Hall–Kier alpha value is -2.43. The molecule has 1 amide bonds. The highest BCUT2D eigenvalue weighted by molar-refractivity contribution is 5.93. The normalized spacial score (nSPS) is 15.3. The van der Waals surface area contributed by atoms with E-state index in [0.717, 1.165) is 31.2 Å². The molecular formula is C19H21FN2O2. The van der Waals surface area contributed by atoms with Crippen molar-refractivity contribution in [3.8, 4) is 5.75 Å². The van der Waals surface area contributed by atoms with E-state index in [2.05, 4.69) is 11.1 Å². The summed E-state index contributed by atoms with van der Waals surface area (Å²) in [6.07, 6.45) is 5.36. The lowest BCUT2D eigenvalue weighted by atomic mass is 9.89. The molecule has 0 unspecified atom stereocenters. The molecular weight excluding hydrogens is 307 g/mol. The number of likely N-dealkylation sites (tertiary alicyclic amines) is 1. The molecule has 1 saturated heterocycles. The minimum Gasteiger partial charge on any atom is -0.496 e. The molecule has 4 nitrogen and oxygen atoms in total. The van der Waals surface area contributed by atoms with Gasteiger partial charge < -0.3 is 9.64 Å². The molecule has 126 valence electrons. The van der Waals surface area contributed by atoms with Crippen molar-refractivity contribution in [1.29, 1.82) is 0 Å². The highest BCUT2D eigenvalue weighted by Crippen LogP contribution is 2.27. The Kier molecular flexibility index (Phi) is 5.08. The van der Waals surface area contributed by atoms with Gasteiger partial charge in [0.15, 0.2) is 0 Å². The smallest absolute Gasteiger partial charge is 0.255 e. The number of amides is 1. The van der Waals surface area contributed by atoms with Gasteiger partial charge in [0.25, 0.3) is 5.91 Å². The van der Waals surface area contributed by atoms with Crippen LogP contribution in [-0.4, -0.2) is 36.0 Å². The number of piperidine rings is 1. The van der Waals surface area contributed by atoms with Crippen molar-refractivity contribution in [2.45, 2.75) is 19.3 Å². The number of methoxy groups -OCH3 is 1. The summed E-state index contributed by atoms with van der Waals surface area (Å²) in [5.74, 6) is 0.822. The molecule has 0 atom stereocenters. The van der Waals surface area contributed by atoms with E-state index in [-0.39, 0.29) is 5.91 Å². The van der Waals surface area contributed by atoms with Crippen molar-refractivity contribution in [2.75, 3.05) is 20.2 Å². The second-order valence-corrected chi connectivity index (χ2v) is 6.14. The molecule has 5 heteroatoms. The van der Waals surface area contributed by atoms with Gasteiger partial charge in [0, 0.05) is 19.3 Å². The largest absolute Gasteiger partial charge is 0.496 e. The number of aromatic nitrogens is 1. The van der Waals surface area contributed by atoms with Crippen LogP contribution in [0.15, 0.2) is 42.7 Å². The van der Waals surface area contributed by atoms with Crippen molar-refractivity contribution < 1.29 is 13.9 Å². The number of hydrogen-bond acceptors (Lipinski definition) is 3. The summed E-state index contributed by atoms with van der Waals surface area (Å²) in [5, 5.41) is 0. The standard InChI is InChI=1S/C19H21FN2O2/c1-24-18-5-3-2-4-15(18)10-14-6-8-22(9-7-14)19(23)16-11-17(20)13-21-12-16/h2-5,11-14H,6-10H2,1H3. The van der Waals surface area contributed by atoms with Crippen LogP contribution in [-0.2, 0) is 6.42 Å². The predicted octanol–water partition coefficient (Wildman–Crippen LogP) is 3.32. The Bertz CT molecular complexity index is 712. The summed E-state index contributed by atoms with van der Waals surface area (Å²) in [6, 6.07) is 9.31. The summed E-state index contributed by atoms with van der Waals surface area (Å²) in [7, 11) is 1.69. The molecule has 1 aromatic heterocycles. The van der Waals surface area contributed by atoms with Crippen LogP contribution in [0.5, 0.6) is 5.75 Å². The molecule has 0 bridgehead atoms. The molecule has 0 saturated carbocycles. The van der Waals surface area contributed by atoms with Crippen molar-refractivity contribution in [2.24, 2.45) is 5.92 Å². The maximum Gasteiger partial charge on any atom is 0.255 e. The van der Waals surface area contributed by atoms with Crippen LogP contribution in [0.3, 0.4) is 0 Å². The summed E-state index contributed by atoms with van der Waals surface area (Å²) < 4.78 is 18.6. The van der Waals surface area contributed by atoms with Crippen LogP contribution < -0.4 is 4.74 Å². The number of benzene rings is 1. The molecule has 24 heavy (non-hydrogen) atoms. The third-order valence-electron chi connectivity index (χ3n) is 4.55. The van der Waals surface area contributed by atoms with Crippen molar-refractivity contribution in [3.63, 3.8) is 0 Å². The van der Waals surface area contributed by atoms with Crippen LogP contribution >= 0.6 is 0 Å². The molecule has 1 fully saturated rings. The van der Waals surface area contributed by atoms with Crippen LogP contribution in [0.4, 0.5) is 4.39 Å². The zero-order valence-electron chi connectivity index (χ0n) is 13.7. The van der Waals surface area contributed by atoms with Gasteiger partial charge in [0.1, 0.15) is 11.6 Å². The van der Waals surface area contributed by atoms with E-state index < -0.39 is 5.82 Å². The van der Waals surface area contributed by atoms with Gasteiger partial charge in [-0.2, -0.15) is 0 Å². The fraction of sp³-hybridized carbons (Fsp3) is 0.368. The topological polar surface area (TPSA) is 42.4 Å². The highest BCUT2D eigenvalue weighted by atomic mass is 19.1. The van der Waals surface area contributed by atoms with Crippen LogP contribution in [0, 0.1) is 11.7 Å². The molecule has 3 rings (SSSR count). The minimum atomic E-state index is -0.480. The number of ether oxygens (including phenoxy) is 1. The summed E-state index contributed by atoms with van der Waals surface area (Å²) in [6.45, 7) is 1.38. The maximum absolute atomic E-state index is 13.2. The van der Waals surface area contributed by atoms with Crippen LogP contribution in [0.1, 0.15) is 28.8 Å². The van der Waals surface area contributed by atoms with Gasteiger partial charge in [0.2, 0.25) is 0 Å². The third kappa shape index (κ3) is 3.72. The van der Waals surface area contributed by atoms with Gasteiger partial charge in [-0.05, 0) is 42.9 Å². The maximum atomic E-state index is 13.2. The predicted molar refractivity (Wildman–Crippen MR) is 89.5 cm³/mol. The Morgan fingerprint density at radius 2 is 2.04 bits per heavy atom. The van der Waals surface area contributed by atoms with E-state index in [1.807, 2.05) is 18.2 Å². The second-order valence-electron chi connectivity index (χ2n) is 6.14. The van der Waals surface area contributed by atoms with Gasteiger partial charge >= 0.3 is 0 Å². The van der Waals surface area contributed by atoms with Gasteiger partial charge in [-0.25, -0.2) is 4.39 Å². The molecule has 0 spiro atoms. The van der Waals surface area contributed by atoms with Crippen molar-refractivity contribution in [3.05, 3.63) is 59.7 Å². The monoisotopic (exact) mass is 328 g/mol. The number of para-hydroxylation sites is 1. The number of rotatable bonds is 4. The number of halogens is 1. The molecule has 1 aromatic carbocycles. The van der Waals surface area contributed by atoms with E-state index in [1.54, 1.807) is 12.0 Å². The summed E-state index contributed by atoms with van der Waals surface area (Å²) >= 11 is 0. The minimum absolute atomic E-state index is 0.141. The van der Waals surface area contributed by atoms with E-state index in [9.17, 15) is 9.18 Å². The first kappa shape index (κ1) is 16.4. The number of pyridine rings is 1. The van der Waals surface area contributed by atoms with Crippen molar-refractivity contribution in [1.82, 2.24) is 9.88 Å². The van der Waals surface area contributed by atoms with E-state index in [0.29, 0.717) is 24.6 Å². The first-order chi connectivity index (χ1) is 11.7. The van der Waals surface area contributed by atoms with E-state index in [4.69, 9.17) is 4.74 Å². The molecule has 0 radical (unpaired) electrons. The number of carbonyl (C=O) groups is 1. The number of nitrogens with zero attached hydrogens (tertiary/aromatic N) is 2. The van der Waals surface area contributed by atoms with E-state index in [1.165, 1.54) is 17.8 Å². The van der Waals surface area contributed by atoms with E-state index >= 15 is 0 Å². The Balaban J connectivity index is 1.58. The highest BCUT2D eigenvalue weighted by Gasteiger charge is 2.24. The third-order valence-corrected chi connectivity index (χ3v) is 4.55. The molecule has 0 N–H and O–H groups in total.